The largest absolute Gasteiger partial charge is 0.462 e. The molecule has 0 radical (unpaired) electrons. The van der Waals surface area contributed by atoms with Crippen LogP contribution in [0.4, 0.5) is 0 Å². The highest BCUT2D eigenvalue weighted by molar-refractivity contribution is 5.71. The van der Waals surface area contributed by atoms with Crippen LogP contribution in [0.2, 0.25) is 0 Å². The van der Waals surface area contributed by atoms with Crippen molar-refractivity contribution in [1.29, 1.82) is 0 Å². The maximum atomic E-state index is 11.8. The lowest BCUT2D eigenvalue weighted by atomic mass is 9.50. The Balaban J connectivity index is 1.65. The number of hydrogen-bond donors (Lipinski definition) is 1. The summed E-state index contributed by atoms with van der Waals surface area (Å²) in [5.41, 5.74) is -0.726. The summed E-state index contributed by atoms with van der Waals surface area (Å²) >= 11 is 0. The van der Waals surface area contributed by atoms with Gasteiger partial charge in [-0.25, -0.2) is 0 Å². The fraction of sp³-hybridized carbons (Fsp3) is 0.938. The third kappa shape index (κ3) is 2.20. The molecular formula is C16H26O3. The highest BCUT2D eigenvalue weighted by atomic mass is 16.5. The Kier molecular flexibility index (Phi) is 3.36. The zero-order valence-corrected chi connectivity index (χ0v) is 12.1. The molecular weight excluding hydrogens is 240 g/mol. The summed E-state index contributed by atoms with van der Waals surface area (Å²) in [6.45, 7) is 4.11. The van der Waals surface area contributed by atoms with Crippen LogP contribution in [-0.2, 0) is 9.53 Å². The van der Waals surface area contributed by atoms with Crippen LogP contribution in [-0.4, -0.2) is 23.3 Å². The Morgan fingerprint density at radius 3 is 2.21 bits per heavy atom. The van der Waals surface area contributed by atoms with Gasteiger partial charge in [-0.2, -0.15) is 0 Å². The van der Waals surface area contributed by atoms with Gasteiger partial charge in [0.05, 0.1) is 5.92 Å². The summed E-state index contributed by atoms with van der Waals surface area (Å²) in [6.07, 6.45) is 6.74. The van der Waals surface area contributed by atoms with Crippen LogP contribution in [0.3, 0.4) is 0 Å². The Hall–Kier alpha value is -0.570. The van der Waals surface area contributed by atoms with Gasteiger partial charge in [-0.3, -0.25) is 4.79 Å². The summed E-state index contributed by atoms with van der Waals surface area (Å²) in [6, 6.07) is 0. The van der Waals surface area contributed by atoms with E-state index in [2.05, 4.69) is 0 Å². The van der Waals surface area contributed by atoms with Gasteiger partial charge in [-0.15, -0.1) is 0 Å². The average Bonchev–Trinajstić information content (AvgIpc) is 2.40. The summed E-state index contributed by atoms with van der Waals surface area (Å²) in [4.78, 5) is 11.8. The van der Waals surface area contributed by atoms with Gasteiger partial charge in [-0.1, -0.05) is 13.8 Å². The molecule has 0 heterocycles. The third-order valence-electron chi connectivity index (χ3n) is 6.01. The van der Waals surface area contributed by atoms with Crippen molar-refractivity contribution < 1.29 is 14.6 Å². The van der Waals surface area contributed by atoms with Crippen LogP contribution in [0.25, 0.3) is 0 Å². The molecule has 0 aromatic heterocycles. The molecule has 4 fully saturated rings. The van der Waals surface area contributed by atoms with Crippen molar-refractivity contribution in [1.82, 2.24) is 0 Å². The molecule has 4 bridgehead atoms. The van der Waals surface area contributed by atoms with E-state index in [1.54, 1.807) is 0 Å². The van der Waals surface area contributed by atoms with E-state index in [0.29, 0.717) is 11.8 Å². The number of hydrogen-bond acceptors (Lipinski definition) is 3. The van der Waals surface area contributed by atoms with Gasteiger partial charge < -0.3 is 9.84 Å². The number of carbonyl (C=O) groups excluding carboxylic acids is 1. The lowest BCUT2D eigenvalue weighted by Gasteiger charge is -2.58. The first-order valence-electron chi connectivity index (χ1n) is 7.92. The summed E-state index contributed by atoms with van der Waals surface area (Å²) in [5, 5.41) is 11.0. The van der Waals surface area contributed by atoms with Gasteiger partial charge in [0.1, 0.15) is 12.2 Å². The van der Waals surface area contributed by atoms with E-state index in [0.717, 1.165) is 43.9 Å². The first-order valence-corrected chi connectivity index (χ1v) is 7.92. The molecule has 3 heteroatoms. The molecule has 4 rings (SSSR count). The number of rotatable bonds is 4. The fourth-order valence-electron chi connectivity index (χ4n) is 4.73. The van der Waals surface area contributed by atoms with Crippen molar-refractivity contribution in [3.05, 3.63) is 0 Å². The number of esters is 1. The molecule has 0 spiro atoms. The van der Waals surface area contributed by atoms with Crippen molar-refractivity contribution in [2.75, 3.05) is 6.61 Å². The molecule has 4 aliphatic carbocycles. The molecule has 0 aliphatic heterocycles. The predicted molar refractivity (Wildman–Crippen MR) is 72.4 cm³/mol. The van der Waals surface area contributed by atoms with E-state index in [1.165, 1.54) is 6.42 Å². The van der Waals surface area contributed by atoms with E-state index < -0.39 is 5.60 Å². The Morgan fingerprint density at radius 2 is 1.74 bits per heavy atom. The summed E-state index contributed by atoms with van der Waals surface area (Å²) < 4.78 is 5.43. The normalized spacial score (nSPS) is 45.2. The van der Waals surface area contributed by atoms with Gasteiger partial charge >= 0.3 is 5.97 Å². The maximum absolute atomic E-state index is 11.8. The molecule has 0 aromatic rings. The number of ether oxygens (including phenoxy) is 1. The van der Waals surface area contributed by atoms with Crippen LogP contribution in [0.1, 0.15) is 52.4 Å². The van der Waals surface area contributed by atoms with E-state index in [-0.39, 0.29) is 18.5 Å². The molecule has 3 nitrogen and oxygen atoms in total. The van der Waals surface area contributed by atoms with E-state index in [9.17, 15) is 9.90 Å². The van der Waals surface area contributed by atoms with Crippen LogP contribution in [0, 0.1) is 29.6 Å². The quantitative estimate of drug-likeness (QED) is 0.796. The maximum Gasteiger partial charge on any atom is 0.308 e. The van der Waals surface area contributed by atoms with Crippen LogP contribution >= 0.6 is 0 Å². The summed E-state index contributed by atoms with van der Waals surface area (Å²) in [7, 11) is 0. The van der Waals surface area contributed by atoms with Crippen molar-refractivity contribution in [3.8, 4) is 0 Å². The molecule has 4 aliphatic rings. The van der Waals surface area contributed by atoms with E-state index in [1.807, 2.05) is 13.8 Å². The second-order valence-electron chi connectivity index (χ2n) is 7.21. The first kappa shape index (κ1) is 13.4. The lowest BCUT2D eigenvalue weighted by molar-refractivity contribution is -0.204. The van der Waals surface area contributed by atoms with Gasteiger partial charge in [0.15, 0.2) is 0 Å². The first-order chi connectivity index (χ1) is 9.03. The molecule has 1 atom stereocenters. The van der Waals surface area contributed by atoms with Crippen molar-refractivity contribution in [2.45, 2.75) is 58.0 Å². The summed E-state index contributed by atoms with van der Waals surface area (Å²) in [5.74, 6) is 2.19. The lowest BCUT2D eigenvalue weighted by Crippen LogP contribution is -2.60. The van der Waals surface area contributed by atoms with Crippen LogP contribution in [0.15, 0.2) is 0 Å². The van der Waals surface area contributed by atoms with Crippen LogP contribution in [0.5, 0.6) is 0 Å². The van der Waals surface area contributed by atoms with Crippen molar-refractivity contribution >= 4 is 5.97 Å². The molecule has 0 saturated heterocycles. The van der Waals surface area contributed by atoms with Crippen molar-refractivity contribution in [3.63, 3.8) is 0 Å². The zero-order chi connectivity index (χ0) is 13.6. The highest BCUT2D eigenvalue weighted by Gasteiger charge is 2.57. The Labute approximate surface area is 115 Å². The van der Waals surface area contributed by atoms with Crippen LogP contribution < -0.4 is 0 Å². The molecule has 108 valence electrons. The minimum absolute atomic E-state index is 0.0552. The van der Waals surface area contributed by atoms with Gasteiger partial charge in [0, 0.05) is 0 Å². The van der Waals surface area contributed by atoms with Gasteiger partial charge in [0.25, 0.3) is 0 Å². The smallest absolute Gasteiger partial charge is 0.308 e. The zero-order valence-electron chi connectivity index (χ0n) is 12.1. The molecule has 1 unspecified atom stereocenters. The molecule has 0 aromatic carbocycles. The topological polar surface area (TPSA) is 46.5 Å². The van der Waals surface area contributed by atoms with Gasteiger partial charge in [0.2, 0.25) is 0 Å². The number of aliphatic hydroxyl groups is 1. The predicted octanol–water partition coefficient (Wildman–Crippen LogP) is 2.76. The van der Waals surface area contributed by atoms with E-state index in [4.69, 9.17) is 4.74 Å². The SMILES string of the molecule is CCC(C)C(=O)OCC1(O)C2CC3CC(C2)CC1C3. The van der Waals surface area contributed by atoms with E-state index >= 15 is 0 Å². The molecule has 4 saturated carbocycles. The standard InChI is InChI=1S/C16H26O3/c1-3-10(2)15(17)19-9-16(18)13-5-11-4-12(7-13)8-14(16)6-11/h10-14,18H,3-9H2,1-2H3. The minimum atomic E-state index is -0.726. The monoisotopic (exact) mass is 266 g/mol. The minimum Gasteiger partial charge on any atom is -0.462 e. The third-order valence-corrected chi connectivity index (χ3v) is 6.01. The molecule has 0 amide bonds. The second kappa shape index (κ2) is 4.76. The highest BCUT2D eigenvalue weighted by Crippen LogP contribution is 2.58. The molecule has 19 heavy (non-hydrogen) atoms. The molecule has 1 N–H and O–H groups in total. The van der Waals surface area contributed by atoms with Crippen molar-refractivity contribution in [2.24, 2.45) is 29.6 Å². The fourth-order valence-corrected chi connectivity index (χ4v) is 4.73. The Bertz CT molecular complexity index is 335. The van der Waals surface area contributed by atoms with Gasteiger partial charge in [-0.05, 0) is 62.2 Å². The average molecular weight is 266 g/mol. The second-order valence-corrected chi connectivity index (χ2v) is 7.21. The Morgan fingerprint density at radius 1 is 1.21 bits per heavy atom. The number of carbonyl (C=O) groups is 1.